The number of nitrogens with one attached hydrogen (secondary N) is 2. The van der Waals surface area contributed by atoms with Crippen LogP contribution in [0.15, 0.2) is 35.1 Å². The summed E-state index contributed by atoms with van der Waals surface area (Å²) in [5.41, 5.74) is 3.02. The van der Waals surface area contributed by atoms with Crippen LogP contribution in [-0.2, 0) is 0 Å². The molecule has 3 rings (SSSR count). The van der Waals surface area contributed by atoms with Crippen LogP contribution in [0.25, 0.3) is 0 Å². The minimum atomic E-state index is -0.0540. The Bertz CT molecular complexity index is 656. The Hall–Kier alpha value is -1.82. The summed E-state index contributed by atoms with van der Waals surface area (Å²) in [6, 6.07) is 5.89. The van der Waals surface area contributed by atoms with Crippen LogP contribution in [0.2, 0.25) is 0 Å². The number of anilines is 1. The number of likely N-dealkylation sites (tertiary alicyclic amines) is 1. The average Bonchev–Trinajstić information content (AvgIpc) is 3.05. The Balaban J connectivity index is 1.75. The predicted molar refractivity (Wildman–Crippen MR) is 89.8 cm³/mol. The first-order chi connectivity index (χ1) is 10.6. The Morgan fingerprint density at radius 2 is 2.32 bits per heavy atom. The smallest absolute Gasteiger partial charge is 0.317 e. The number of aromatic amines is 1. The molecule has 0 saturated carbocycles. The number of hydrogen-bond acceptors (Lipinski definition) is 2. The van der Waals surface area contributed by atoms with E-state index in [0.717, 1.165) is 47.1 Å². The number of hydrogen-bond donors (Lipinski definition) is 2. The number of benzene rings is 1. The fourth-order valence-electron chi connectivity index (χ4n) is 2.83. The molecule has 1 aliphatic heterocycles. The fraction of sp³-hybridized carbons (Fsp3) is 0.375. The van der Waals surface area contributed by atoms with Gasteiger partial charge in [0.2, 0.25) is 0 Å². The summed E-state index contributed by atoms with van der Waals surface area (Å²) in [5.74, 6) is 0. The highest BCUT2D eigenvalue weighted by atomic mass is 79.9. The van der Waals surface area contributed by atoms with E-state index in [4.69, 9.17) is 0 Å². The molecule has 1 saturated heterocycles. The van der Waals surface area contributed by atoms with Gasteiger partial charge in [-0.25, -0.2) is 4.79 Å². The first-order valence-corrected chi connectivity index (χ1v) is 8.27. The minimum absolute atomic E-state index is 0.0540. The van der Waals surface area contributed by atoms with E-state index in [1.807, 2.05) is 36.2 Å². The van der Waals surface area contributed by atoms with Crippen molar-refractivity contribution >= 4 is 27.6 Å². The summed E-state index contributed by atoms with van der Waals surface area (Å²) in [5, 5.41) is 9.84. The average molecular weight is 363 g/mol. The standard InChI is InChI=1S/C16H19BrN4O/c1-11-5-6-13(8-14(11)17)20-16(22)21-7-3-2-4-15(21)12-9-18-19-10-12/h5-6,8-10,15H,2-4,7H2,1H3,(H,18,19)(H,20,22)/t15-/m0/s1. The summed E-state index contributed by atoms with van der Waals surface area (Å²) >= 11 is 3.50. The molecular weight excluding hydrogens is 344 g/mol. The zero-order valence-electron chi connectivity index (χ0n) is 12.5. The maximum atomic E-state index is 12.6. The predicted octanol–water partition coefficient (Wildman–Crippen LogP) is 4.24. The molecule has 2 heterocycles. The molecule has 2 N–H and O–H groups in total. The van der Waals surface area contributed by atoms with Crippen molar-refractivity contribution in [2.75, 3.05) is 11.9 Å². The number of carbonyl (C=O) groups is 1. The van der Waals surface area contributed by atoms with Gasteiger partial charge in [0.15, 0.2) is 0 Å². The van der Waals surface area contributed by atoms with Gasteiger partial charge in [-0.15, -0.1) is 0 Å². The first kappa shape index (κ1) is 15.1. The number of amides is 2. The van der Waals surface area contributed by atoms with Crippen molar-refractivity contribution in [1.29, 1.82) is 0 Å². The quantitative estimate of drug-likeness (QED) is 0.838. The highest BCUT2D eigenvalue weighted by molar-refractivity contribution is 9.10. The normalized spacial score (nSPS) is 18.3. The van der Waals surface area contributed by atoms with Gasteiger partial charge in [0.05, 0.1) is 12.2 Å². The Morgan fingerprint density at radius 3 is 3.05 bits per heavy atom. The van der Waals surface area contributed by atoms with Gasteiger partial charge in [-0.3, -0.25) is 5.10 Å². The second-order valence-corrected chi connectivity index (χ2v) is 6.49. The van der Waals surface area contributed by atoms with E-state index in [-0.39, 0.29) is 12.1 Å². The second kappa shape index (κ2) is 6.52. The summed E-state index contributed by atoms with van der Waals surface area (Å²) in [4.78, 5) is 14.5. The third-order valence-corrected chi connectivity index (χ3v) is 4.95. The lowest BCUT2D eigenvalue weighted by atomic mass is 9.98. The third kappa shape index (κ3) is 3.16. The van der Waals surface area contributed by atoms with E-state index in [2.05, 4.69) is 31.4 Å². The van der Waals surface area contributed by atoms with Crippen LogP contribution in [0.1, 0.15) is 36.4 Å². The van der Waals surface area contributed by atoms with Crippen molar-refractivity contribution in [3.63, 3.8) is 0 Å². The molecule has 22 heavy (non-hydrogen) atoms. The summed E-state index contributed by atoms with van der Waals surface area (Å²) in [7, 11) is 0. The number of piperidine rings is 1. The number of nitrogens with zero attached hydrogens (tertiary/aromatic N) is 2. The van der Waals surface area contributed by atoms with Crippen molar-refractivity contribution in [3.05, 3.63) is 46.2 Å². The van der Waals surface area contributed by atoms with Gasteiger partial charge in [-0.2, -0.15) is 5.10 Å². The summed E-state index contributed by atoms with van der Waals surface area (Å²) in [6.45, 7) is 2.80. The molecule has 0 radical (unpaired) electrons. The van der Waals surface area contributed by atoms with E-state index >= 15 is 0 Å². The number of urea groups is 1. The Morgan fingerprint density at radius 1 is 1.45 bits per heavy atom. The molecule has 0 unspecified atom stereocenters. The van der Waals surface area contributed by atoms with E-state index in [0.29, 0.717) is 0 Å². The van der Waals surface area contributed by atoms with Crippen LogP contribution in [0, 0.1) is 6.92 Å². The number of rotatable bonds is 2. The fourth-order valence-corrected chi connectivity index (χ4v) is 3.21. The SMILES string of the molecule is Cc1ccc(NC(=O)N2CCCC[C@H]2c2cn[nH]c2)cc1Br. The van der Waals surface area contributed by atoms with Crippen LogP contribution in [0.3, 0.4) is 0 Å². The summed E-state index contributed by atoms with van der Waals surface area (Å²) < 4.78 is 0.996. The van der Waals surface area contributed by atoms with Gasteiger partial charge >= 0.3 is 6.03 Å². The lowest BCUT2D eigenvalue weighted by Crippen LogP contribution is -2.41. The molecular formula is C16H19BrN4O. The van der Waals surface area contributed by atoms with Gasteiger partial charge in [0, 0.05) is 28.5 Å². The Labute approximate surface area is 138 Å². The van der Waals surface area contributed by atoms with Gasteiger partial charge in [0.25, 0.3) is 0 Å². The summed E-state index contributed by atoms with van der Waals surface area (Å²) in [6.07, 6.45) is 6.83. The van der Waals surface area contributed by atoms with Crippen molar-refractivity contribution in [2.45, 2.75) is 32.2 Å². The van der Waals surface area contributed by atoms with E-state index in [9.17, 15) is 4.79 Å². The van der Waals surface area contributed by atoms with Crippen LogP contribution in [0.5, 0.6) is 0 Å². The molecule has 1 atom stereocenters. The van der Waals surface area contributed by atoms with Crippen LogP contribution >= 0.6 is 15.9 Å². The van der Waals surface area contributed by atoms with Crippen LogP contribution in [-0.4, -0.2) is 27.7 Å². The lowest BCUT2D eigenvalue weighted by molar-refractivity contribution is 0.163. The monoisotopic (exact) mass is 362 g/mol. The van der Waals surface area contributed by atoms with Crippen LogP contribution in [0.4, 0.5) is 10.5 Å². The zero-order chi connectivity index (χ0) is 15.5. The number of H-pyrrole nitrogens is 1. The van der Waals surface area contributed by atoms with Gasteiger partial charge in [0.1, 0.15) is 0 Å². The van der Waals surface area contributed by atoms with Crippen molar-refractivity contribution < 1.29 is 4.79 Å². The van der Waals surface area contributed by atoms with Gasteiger partial charge in [-0.1, -0.05) is 22.0 Å². The molecule has 2 amide bonds. The largest absolute Gasteiger partial charge is 0.322 e. The van der Waals surface area contributed by atoms with Crippen molar-refractivity contribution in [3.8, 4) is 0 Å². The van der Waals surface area contributed by atoms with Crippen LogP contribution < -0.4 is 5.32 Å². The molecule has 116 valence electrons. The minimum Gasteiger partial charge on any atom is -0.317 e. The maximum absolute atomic E-state index is 12.6. The molecule has 2 aromatic rings. The van der Waals surface area contributed by atoms with Gasteiger partial charge in [-0.05, 0) is 43.9 Å². The molecule has 6 heteroatoms. The topological polar surface area (TPSA) is 61.0 Å². The van der Waals surface area contributed by atoms with E-state index in [1.165, 1.54) is 0 Å². The maximum Gasteiger partial charge on any atom is 0.322 e. The molecule has 5 nitrogen and oxygen atoms in total. The molecule has 0 spiro atoms. The molecule has 1 aliphatic rings. The number of aryl methyl sites for hydroxylation is 1. The number of carbonyl (C=O) groups excluding carboxylic acids is 1. The third-order valence-electron chi connectivity index (χ3n) is 4.09. The zero-order valence-corrected chi connectivity index (χ0v) is 14.1. The molecule has 0 aliphatic carbocycles. The molecule has 0 bridgehead atoms. The number of aromatic nitrogens is 2. The lowest BCUT2D eigenvalue weighted by Gasteiger charge is -2.35. The van der Waals surface area contributed by atoms with Crippen molar-refractivity contribution in [2.24, 2.45) is 0 Å². The van der Waals surface area contributed by atoms with E-state index in [1.54, 1.807) is 6.20 Å². The van der Waals surface area contributed by atoms with E-state index < -0.39 is 0 Å². The number of halogens is 1. The van der Waals surface area contributed by atoms with Gasteiger partial charge < -0.3 is 10.2 Å². The molecule has 1 aromatic carbocycles. The highest BCUT2D eigenvalue weighted by Crippen LogP contribution is 2.31. The molecule has 1 fully saturated rings. The Kier molecular flexibility index (Phi) is 4.47. The highest BCUT2D eigenvalue weighted by Gasteiger charge is 2.28. The first-order valence-electron chi connectivity index (χ1n) is 7.47. The molecule has 1 aromatic heterocycles. The van der Waals surface area contributed by atoms with Crippen molar-refractivity contribution in [1.82, 2.24) is 15.1 Å². The second-order valence-electron chi connectivity index (χ2n) is 5.63.